The van der Waals surface area contributed by atoms with Crippen molar-refractivity contribution in [2.75, 3.05) is 47.5 Å². The number of likely N-dealkylation sites (N-methyl/N-ethyl adjacent to an activating group) is 1. The lowest BCUT2D eigenvalue weighted by molar-refractivity contribution is -0.873. The zero-order valence-corrected chi connectivity index (χ0v) is 31.8. The summed E-state index contributed by atoms with van der Waals surface area (Å²) >= 11 is 0. The molecule has 0 aromatic rings. The van der Waals surface area contributed by atoms with Gasteiger partial charge in [0.25, 0.3) is 0 Å². The predicted molar refractivity (Wildman–Crippen MR) is 202 cm³/mol. The molecule has 0 N–H and O–H groups in total. The molecule has 0 rings (SSSR count). The number of unbranched alkanes of at least 4 members (excludes halogenated alkanes) is 24. The molecule has 268 valence electrons. The van der Waals surface area contributed by atoms with E-state index >= 15 is 0 Å². The maximum atomic E-state index is 6.32. The summed E-state index contributed by atoms with van der Waals surface area (Å²) in [5.41, 5.74) is 0. The minimum atomic E-state index is 0.210. The number of hydrogen-bond donors (Lipinski definition) is 0. The molecule has 0 bridgehead atoms. The van der Waals surface area contributed by atoms with Crippen LogP contribution in [-0.2, 0) is 9.47 Å². The number of nitrogens with zero attached hydrogens (tertiary/aromatic N) is 1. The highest BCUT2D eigenvalue weighted by atomic mass is 16.5. The molecule has 0 aromatic heterocycles. The van der Waals surface area contributed by atoms with Crippen molar-refractivity contribution in [3.63, 3.8) is 0 Å². The molecule has 0 aliphatic rings. The van der Waals surface area contributed by atoms with E-state index < -0.39 is 0 Å². The Labute approximate surface area is 285 Å². The zero-order chi connectivity index (χ0) is 32.9. The fourth-order valence-corrected chi connectivity index (χ4v) is 6.03. The van der Waals surface area contributed by atoms with Crippen molar-refractivity contribution in [2.45, 2.75) is 200 Å². The Morgan fingerprint density at radius 3 is 1.13 bits per heavy atom. The maximum absolute atomic E-state index is 6.32. The first kappa shape index (κ1) is 44.4. The fraction of sp³-hybridized carbons (Fsp3) is 0.905. The van der Waals surface area contributed by atoms with Crippen LogP contribution in [0.2, 0.25) is 0 Å². The van der Waals surface area contributed by atoms with E-state index in [4.69, 9.17) is 9.47 Å². The van der Waals surface area contributed by atoms with Crippen molar-refractivity contribution in [3.8, 4) is 0 Å². The predicted octanol–water partition coefficient (Wildman–Crippen LogP) is 13.2. The van der Waals surface area contributed by atoms with Gasteiger partial charge in [-0.05, 0) is 64.2 Å². The Morgan fingerprint density at radius 2 is 0.756 bits per heavy atom. The van der Waals surface area contributed by atoms with E-state index in [-0.39, 0.29) is 6.10 Å². The van der Waals surface area contributed by atoms with Crippen LogP contribution in [0.5, 0.6) is 0 Å². The van der Waals surface area contributed by atoms with Gasteiger partial charge in [-0.2, -0.15) is 0 Å². The molecule has 0 spiro atoms. The van der Waals surface area contributed by atoms with E-state index in [2.05, 4.69) is 59.3 Å². The maximum Gasteiger partial charge on any atom is 0.130 e. The summed E-state index contributed by atoms with van der Waals surface area (Å²) in [7, 11) is 6.77. The lowest BCUT2D eigenvalue weighted by Gasteiger charge is -2.29. The normalized spacial score (nSPS) is 13.1. The van der Waals surface area contributed by atoms with Crippen molar-refractivity contribution in [2.24, 2.45) is 0 Å². The number of rotatable bonds is 37. The third kappa shape index (κ3) is 39.5. The summed E-state index contributed by atoms with van der Waals surface area (Å²) < 4.78 is 13.3. The molecular formula is C42H84NO2+. The Morgan fingerprint density at radius 1 is 0.422 bits per heavy atom. The van der Waals surface area contributed by atoms with Gasteiger partial charge >= 0.3 is 0 Å². The molecule has 0 aliphatic heterocycles. The molecule has 0 saturated heterocycles. The molecule has 0 unspecified atom stereocenters. The van der Waals surface area contributed by atoms with Crippen LogP contribution in [0.25, 0.3) is 0 Å². The molecule has 3 heteroatoms. The first-order chi connectivity index (χ1) is 22.0. The second-order valence-corrected chi connectivity index (χ2v) is 14.9. The van der Waals surface area contributed by atoms with Gasteiger partial charge < -0.3 is 14.0 Å². The van der Waals surface area contributed by atoms with E-state index in [9.17, 15) is 0 Å². The molecule has 0 aliphatic carbocycles. The van der Waals surface area contributed by atoms with Gasteiger partial charge in [0, 0.05) is 13.2 Å². The van der Waals surface area contributed by atoms with Gasteiger partial charge in [-0.1, -0.05) is 154 Å². The average molecular weight is 635 g/mol. The molecular weight excluding hydrogens is 550 g/mol. The standard InChI is InChI=1S/C42H84NO2/c1-6-8-10-12-14-16-18-20-22-24-26-28-30-32-34-36-38-44-41-42(40-43(3,4)5)45-39-37-35-33-31-29-27-25-23-21-19-17-15-13-11-9-7-2/h20-23,42H,6-19,24-41H2,1-5H3/q+1/b22-20+,23-21+/t42-/m1/s1. The largest absolute Gasteiger partial charge is 0.379 e. The highest BCUT2D eigenvalue weighted by Crippen LogP contribution is 2.12. The van der Waals surface area contributed by atoms with Crippen molar-refractivity contribution < 1.29 is 14.0 Å². The van der Waals surface area contributed by atoms with Gasteiger partial charge in [0.1, 0.15) is 12.6 Å². The first-order valence-corrected chi connectivity index (χ1v) is 20.3. The summed E-state index contributed by atoms with van der Waals surface area (Å²) in [6.07, 6.45) is 47.6. The van der Waals surface area contributed by atoms with E-state index in [1.54, 1.807) is 0 Å². The molecule has 0 amide bonds. The number of allylic oxidation sites excluding steroid dienone is 4. The highest BCUT2D eigenvalue weighted by Gasteiger charge is 2.19. The molecule has 1 atom stereocenters. The number of hydrogen-bond acceptors (Lipinski definition) is 2. The zero-order valence-electron chi connectivity index (χ0n) is 31.8. The van der Waals surface area contributed by atoms with E-state index in [0.29, 0.717) is 0 Å². The van der Waals surface area contributed by atoms with Crippen LogP contribution in [0.15, 0.2) is 24.3 Å². The summed E-state index contributed by atoms with van der Waals surface area (Å²) in [6, 6.07) is 0. The highest BCUT2D eigenvalue weighted by molar-refractivity contribution is 4.82. The van der Waals surface area contributed by atoms with E-state index in [1.165, 1.54) is 180 Å². The van der Waals surface area contributed by atoms with Crippen LogP contribution >= 0.6 is 0 Å². The molecule has 0 fully saturated rings. The third-order valence-corrected chi connectivity index (χ3v) is 8.87. The fourth-order valence-electron chi connectivity index (χ4n) is 6.03. The molecule has 0 saturated carbocycles. The summed E-state index contributed by atoms with van der Waals surface area (Å²) in [4.78, 5) is 0. The minimum Gasteiger partial charge on any atom is -0.379 e. The second kappa shape index (κ2) is 36.2. The monoisotopic (exact) mass is 635 g/mol. The van der Waals surface area contributed by atoms with Gasteiger partial charge in [-0.15, -0.1) is 0 Å². The van der Waals surface area contributed by atoms with Crippen LogP contribution in [0.4, 0.5) is 0 Å². The minimum absolute atomic E-state index is 0.210. The second-order valence-electron chi connectivity index (χ2n) is 14.9. The first-order valence-electron chi connectivity index (χ1n) is 20.3. The Balaban J connectivity index is 3.63. The van der Waals surface area contributed by atoms with E-state index in [0.717, 1.165) is 30.8 Å². The Bertz CT molecular complexity index is 608. The van der Waals surface area contributed by atoms with Gasteiger partial charge in [0.15, 0.2) is 0 Å². The van der Waals surface area contributed by atoms with Crippen LogP contribution in [0.1, 0.15) is 194 Å². The van der Waals surface area contributed by atoms with Crippen molar-refractivity contribution >= 4 is 0 Å². The van der Waals surface area contributed by atoms with Gasteiger partial charge in [-0.25, -0.2) is 0 Å². The van der Waals surface area contributed by atoms with Crippen molar-refractivity contribution in [1.29, 1.82) is 0 Å². The van der Waals surface area contributed by atoms with Crippen LogP contribution in [-0.4, -0.2) is 58.1 Å². The van der Waals surface area contributed by atoms with Crippen LogP contribution < -0.4 is 0 Å². The van der Waals surface area contributed by atoms with Gasteiger partial charge in [0.2, 0.25) is 0 Å². The number of ether oxygens (including phenoxy) is 2. The summed E-state index contributed by atoms with van der Waals surface area (Å²) in [5.74, 6) is 0. The molecule has 3 nitrogen and oxygen atoms in total. The lowest BCUT2D eigenvalue weighted by atomic mass is 10.1. The van der Waals surface area contributed by atoms with Gasteiger partial charge in [-0.3, -0.25) is 0 Å². The number of quaternary nitrogens is 1. The topological polar surface area (TPSA) is 18.5 Å². The Hall–Kier alpha value is -0.640. The quantitative estimate of drug-likeness (QED) is 0.0384. The molecule has 0 aromatic carbocycles. The summed E-state index contributed by atoms with van der Waals surface area (Å²) in [5, 5.41) is 0. The third-order valence-electron chi connectivity index (χ3n) is 8.87. The average Bonchev–Trinajstić information content (AvgIpc) is 3.01. The summed E-state index contributed by atoms with van der Waals surface area (Å²) in [6.45, 7) is 8.10. The lowest BCUT2D eigenvalue weighted by Crippen LogP contribution is -2.44. The van der Waals surface area contributed by atoms with E-state index in [1.807, 2.05) is 0 Å². The molecule has 0 radical (unpaired) electrons. The molecule has 0 heterocycles. The Kier molecular flexibility index (Phi) is 35.7. The van der Waals surface area contributed by atoms with Crippen LogP contribution in [0, 0.1) is 0 Å². The smallest absolute Gasteiger partial charge is 0.130 e. The molecule has 45 heavy (non-hydrogen) atoms. The van der Waals surface area contributed by atoms with Crippen molar-refractivity contribution in [3.05, 3.63) is 24.3 Å². The SMILES string of the molecule is CCCCCCCC/C=C/CCCCCCCCOC[C@@H](C[N+](C)(C)C)OCCCCCCCC/C=C/CCCCCCCC. The van der Waals surface area contributed by atoms with Crippen molar-refractivity contribution in [1.82, 2.24) is 0 Å². The van der Waals surface area contributed by atoms with Crippen LogP contribution in [0.3, 0.4) is 0 Å². The van der Waals surface area contributed by atoms with Gasteiger partial charge in [0.05, 0.1) is 27.7 Å².